The Morgan fingerprint density at radius 1 is 1.24 bits per heavy atom. The number of nitrogens with zero attached hydrogens (tertiary/aromatic N) is 4. The first-order valence-electron chi connectivity index (χ1n) is 10.4. The molecule has 11 heteroatoms. The van der Waals surface area contributed by atoms with Crippen LogP contribution in [-0.2, 0) is 11.8 Å². The van der Waals surface area contributed by atoms with Gasteiger partial charge in [0.05, 0.1) is 41.8 Å². The number of anilines is 3. The van der Waals surface area contributed by atoms with Crippen LogP contribution >= 0.6 is 11.6 Å². The molecule has 10 nitrogen and oxygen atoms in total. The van der Waals surface area contributed by atoms with Gasteiger partial charge >= 0.3 is 0 Å². The second kappa shape index (κ2) is 9.37. The second-order valence-corrected chi connectivity index (χ2v) is 8.13. The number of aromatic nitrogens is 5. The van der Waals surface area contributed by atoms with Gasteiger partial charge in [-0.25, -0.2) is 4.68 Å². The van der Waals surface area contributed by atoms with Crippen molar-refractivity contribution in [3.8, 4) is 17.1 Å². The number of aryl methyl sites for hydroxylation is 1. The fourth-order valence-electron chi connectivity index (χ4n) is 3.34. The van der Waals surface area contributed by atoms with Gasteiger partial charge in [0.1, 0.15) is 5.75 Å². The molecule has 172 valence electrons. The molecule has 0 saturated heterocycles. The van der Waals surface area contributed by atoms with Crippen LogP contribution in [0.3, 0.4) is 0 Å². The summed E-state index contributed by atoms with van der Waals surface area (Å²) in [5.41, 5.74) is 3.02. The first kappa shape index (κ1) is 22.4. The van der Waals surface area contributed by atoms with E-state index < -0.39 is 0 Å². The van der Waals surface area contributed by atoms with E-state index in [1.54, 1.807) is 25.0 Å². The van der Waals surface area contributed by atoms with Crippen molar-refractivity contribution >= 4 is 45.7 Å². The van der Waals surface area contributed by atoms with Crippen LogP contribution in [0.15, 0.2) is 36.5 Å². The van der Waals surface area contributed by atoms with Crippen molar-refractivity contribution in [3.63, 3.8) is 0 Å². The Kier molecular flexibility index (Phi) is 6.36. The number of amides is 1. The molecule has 4 N–H and O–H groups in total. The molecule has 33 heavy (non-hydrogen) atoms. The Morgan fingerprint density at radius 3 is 2.79 bits per heavy atom. The summed E-state index contributed by atoms with van der Waals surface area (Å²) >= 11 is 6.51. The number of H-pyrrole nitrogens is 1. The summed E-state index contributed by atoms with van der Waals surface area (Å²) in [6.45, 7) is 3.98. The number of fused-ring (bicyclic) bond motifs is 1. The van der Waals surface area contributed by atoms with E-state index in [0.29, 0.717) is 33.9 Å². The van der Waals surface area contributed by atoms with Gasteiger partial charge in [0.2, 0.25) is 11.9 Å². The third-order valence-electron chi connectivity index (χ3n) is 4.92. The van der Waals surface area contributed by atoms with Gasteiger partial charge in [-0.15, -0.1) is 5.10 Å². The van der Waals surface area contributed by atoms with Crippen molar-refractivity contribution in [1.82, 2.24) is 30.3 Å². The van der Waals surface area contributed by atoms with E-state index in [1.165, 1.54) is 0 Å². The molecule has 0 unspecified atom stereocenters. The molecule has 0 saturated carbocycles. The number of hydrogen-bond donors (Lipinski definition) is 4. The van der Waals surface area contributed by atoms with Crippen molar-refractivity contribution in [2.45, 2.75) is 19.9 Å². The van der Waals surface area contributed by atoms with E-state index in [4.69, 9.17) is 16.3 Å². The topological polar surface area (TPSA) is 122 Å². The fraction of sp³-hybridized carbons (Fsp3) is 0.273. The molecule has 2 aromatic carbocycles. The van der Waals surface area contributed by atoms with Crippen molar-refractivity contribution in [2.75, 3.05) is 24.3 Å². The number of aromatic amines is 1. The standard InChI is InChI=1S/C22H25ClN8O2/c1-12(2)26-19(32)11-24-16-6-5-13(9-18(16)33-4)21-28-22(31(3)30-21)27-17-8-7-15-14(20(17)23)10-25-29-15/h5-10,12,24H,11H2,1-4H3,(H,25,29)(H,26,32)(H,27,28,30). The van der Waals surface area contributed by atoms with Crippen LogP contribution < -0.4 is 20.7 Å². The number of carbonyl (C=O) groups excluding carboxylic acids is 1. The summed E-state index contributed by atoms with van der Waals surface area (Å²) < 4.78 is 7.14. The molecular formula is C22H25ClN8O2. The molecule has 0 radical (unpaired) electrons. The van der Waals surface area contributed by atoms with Crippen LogP contribution in [0.1, 0.15) is 13.8 Å². The summed E-state index contributed by atoms with van der Waals surface area (Å²) in [5.74, 6) is 1.54. The highest BCUT2D eigenvalue weighted by atomic mass is 35.5. The van der Waals surface area contributed by atoms with E-state index in [1.807, 2.05) is 44.2 Å². The lowest BCUT2D eigenvalue weighted by Crippen LogP contribution is -2.34. The molecule has 0 spiro atoms. The van der Waals surface area contributed by atoms with Crippen LogP contribution in [0.2, 0.25) is 5.02 Å². The largest absolute Gasteiger partial charge is 0.495 e. The summed E-state index contributed by atoms with van der Waals surface area (Å²) in [4.78, 5) is 16.5. The van der Waals surface area contributed by atoms with Crippen LogP contribution in [-0.4, -0.2) is 50.6 Å². The second-order valence-electron chi connectivity index (χ2n) is 7.76. The lowest BCUT2D eigenvalue weighted by Gasteiger charge is -2.13. The molecule has 2 aromatic heterocycles. The minimum atomic E-state index is -0.0921. The minimum Gasteiger partial charge on any atom is -0.495 e. The predicted molar refractivity (Wildman–Crippen MR) is 129 cm³/mol. The number of ether oxygens (including phenoxy) is 1. The number of rotatable bonds is 8. The number of halogens is 1. The number of benzene rings is 2. The van der Waals surface area contributed by atoms with Crippen molar-refractivity contribution in [2.24, 2.45) is 7.05 Å². The van der Waals surface area contributed by atoms with Gasteiger partial charge in [-0.05, 0) is 44.2 Å². The highest BCUT2D eigenvalue weighted by molar-refractivity contribution is 6.38. The van der Waals surface area contributed by atoms with Crippen molar-refractivity contribution in [1.29, 1.82) is 0 Å². The maximum Gasteiger partial charge on any atom is 0.239 e. The molecule has 4 aromatic rings. The van der Waals surface area contributed by atoms with Crippen LogP contribution in [0.5, 0.6) is 5.75 Å². The van der Waals surface area contributed by atoms with Gasteiger partial charge in [-0.1, -0.05) is 11.6 Å². The van der Waals surface area contributed by atoms with Gasteiger partial charge in [-0.2, -0.15) is 10.1 Å². The summed E-state index contributed by atoms with van der Waals surface area (Å²) in [6, 6.07) is 9.37. The van der Waals surface area contributed by atoms with E-state index in [9.17, 15) is 4.79 Å². The maximum absolute atomic E-state index is 11.9. The van der Waals surface area contributed by atoms with E-state index in [0.717, 1.165) is 16.5 Å². The first-order valence-corrected chi connectivity index (χ1v) is 10.7. The Morgan fingerprint density at radius 2 is 2.03 bits per heavy atom. The fourth-order valence-corrected chi connectivity index (χ4v) is 3.60. The SMILES string of the molecule is COc1cc(-c2nc(Nc3ccc4[nH]ncc4c3Cl)n(C)n2)ccc1NCC(=O)NC(C)C. The van der Waals surface area contributed by atoms with Crippen LogP contribution in [0, 0.1) is 0 Å². The lowest BCUT2D eigenvalue weighted by atomic mass is 10.1. The maximum atomic E-state index is 11.9. The summed E-state index contributed by atoms with van der Waals surface area (Å²) in [5, 5.41) is 22.0. The number of hydrogen-bond acceptors (Lipinski definition) is 7. The third kappa shape index (κ3) is 4.85. The van der Waals surface area contributed by atoms with E-state index in [-0.39, 0.29) is 18.5 Å². The quantitative estimate of drug-likeness (QED) is 0.311. The van der Waals surface area contributed by atoms with Gasteiger partial charge in [0, 0.05) is 24.0 Å². The third-order valence-corrected chi connectivity index (χ3v) is 5.32. The molecule has 2 heterocycles. The molecule has 0 aliphatic heterocycles. The number of methoxy groups -OCH3 is 1. The molecule has 0 bridgehead atoms. The predicted octanol–water partition coefficient (Wildman–Crippen LogP) is 3.70. The molecule has 1 amide bonds. The highest BCUT2D eigenvalue weighted by Crippen LogP contribution is 2.33. The summed E-state index contributed by atoms with van der Waals surface area (Å²) in [6.07, 6.45) is 1.68. The minimum absolute atomic E-state index is 0.0816. The smallest absolute Gasteiger partial charge is 0.239 e. The molecule has 0 aliphatic carbocycles. The van der Waals surface area contributed by atoms with Gasteiger partial charge in [-0.3, -0.25) is 9.89 Å². The number of nitrogens with one attached hydrogen (secondary N) is 4. The van der Waals surface area contributed by atoms with Crippen molar-refractivity contribution < 1.29 is 9.53 Å². The molecule has 4 rings (SSSR count). The monoisotopic (exact) mass is 468 g/mol. The van der Waals surface area contributed by atoms with E-state index in [2.05, 4.69) is 36.2 Å². The van der Waals surface area contributed by atoms with E-state index >= 15 is 0 Å². The summed E-state index contributed by atoms with van der Waals surface area (Å²) in [7, 11) is 3.37. The lowest BCUT2D eigenvalue weighted by molar-refractivity contribution is -0.119. The highest BCUT2D eigenvalue weighted by Gasteiger charge is 2.15. The van der Waals surface area contributed by atoms with Gasteiger partial charge in [0.15, 0.2) is 5.82 Å². The normalized spacial score (nSPS) is 11.1. The Hall–Kier alpha value is -3.79. The van der Waals surface area contributed by atoms with Crippen LogP contribution in [0.4, 0.5) is 17.3 Å². The average Bonchev–Trinajstić information content (AvgIpc) is 3.41. The zero-order chi connectivity index (χ0) is 23.5. The van der Waals surface area contributed by atoms with Gasteiger partial charge in [0.25, 0.3) is 0 Å². The van der Waals surface area contributed by atoms with Gasteiger partial charge < -0.3 is 20.7 Å². The first-order chi connectivity index (χ1) is 15.9. The molecule has 0 fully saturated rings. The Balaban J connectivity index is 1.54. The average molecular weight is 469 g/mol. The zero-order valence-electron chi connectivity index (χ0n) is 18.7. The number of carbonyl (C=O) groups is 1. The van der Waals surface area contributed by atoms with Crippen molar-refractivity contribution in [3.05, 3.63) is 41.6 Å². The Labute approximate surface area is 195 Å². The molecule has 0 aliphatic rings. The molecule has 0 atom stereocenters. The Bertz CT molecular complexity index is 1300. The molecular weight excluding hydrogens is 444 g/mol. The zero-order valence-corrected chi connectivity index (χ0v) is 19.5. The van der Waals surface area contributed by atoms with Crippen LogP contribution in [0.25, 0.3) is 22.3 Å².